The molecule has 1 aliphatic heterocycles. The second kappa shape index (κ2) is 6.89. The highest BCUT2D eigenvalue weighted by Crippen LogP contribution is 2.25. The summed E-state index contributed by atoms with van der Waals surface area (Å²) >= 11 is 0. The van der Waals surface area contributed by atoms with Gasteiger partial charge < -0.3 is 10.6 Å². The Bertz CT molecular complexity index is 924. The normalized spacial score (nSPS) is 13.8. The first-order valence-corrected chi connectivity index (χ1v) is 11.8. The molecule has 2 N–H and O–H groups in total. The van der Waals surface area contributed by atoms with Crippen molar-refractivity contribution < 1.29 is 4.79 Å². The highest BCUT2D eigenvalue weighted by atomic mass is 28.3. The van der Waals surface area contributed by atoms with Crippen molar-refractivity contribution in [3.05, 3.63) is 97.4 Å². The maximum atomic E-state index is 13.1. The van der Waals surface area contributed by atoms with E-state index in [0.29, 0.717) is 0 Å². The van der Waals surface area contributed by atoms with Gasteiger partial charge in [-0.15, -0.1) is 0 Å². The molecule has 27 heavy (non-hydrogen) atoms. The van der Waals surface area contributed by atoms with Crippen LogP contribution in [0.2, 0.25) is 13.1 Å². The number of allylic oxidation sites excluding steroid dienone is 2. The van der Waals surface area contributed by atoms with E-state index in [1.165, 1.54) is 0 Å². The summed E-state index contributed by atoms with van der Waals surface area (Å²) in [6.07, 6.45) is 3.35. The number of ketones is 1. The molecule has 0 spiro atoms. The zero-order valence-corrected chi connectivity index (χ0v) is 16.9. The predicted octanol–water partition coefficient (Wildman–Crippen LogP) is 4.28. The minimum Gasteiger partial charge on any atom is -0.356 e. The van der Waals surface area contributed by atoms with Crippen LogP contribution in [0.25, 0.3) is 0 Å². The molecule has 3 rings (SSSR count). The van der Waals surface area contributed by atoms with E-state index < -0.39 is 8.07 Å². The van der Waals surface area contributed by atoms with Crippen LogP contribution in [0.3, 0.4) is 0 Å². The van der Waals surface area contributed by atoms with Gasteiger partial charge in [-0.25, -0.2) is 0 Å². The van der Waals surface area contributed by atoms with Gasteiger partial charge in [-0.05, 0) is 58.9 Å². The number of carbonyl (C=O) groups is 1. The van der Waals surface area contributed by atoms with Gasteiger partial charge in [0.1, 0.15) is 8.07 Å². The third-order valence-corrected chi connectivity index (χ3v) is 8.50. The number of rotatable bonds is 6. The topological polar surface area (TPSA) is 41.1 Å². The lowest BCUT2D eigenvalue weighted by molar-refractivity contribution is 0.104. The van der Waals surface area contributed by atoms with E-state index in [1.807, 2.05) is 24.3 Å². The number of anilines is 2. The van der Waals surface area contributed by atoms with Crippen molar-refractivity contribution in [3.8, 4) is 0 Å². The van der Waals surface area contributed by atoms with Gasteiger partial charge in [-0.3, -0.25) is 4.79 Å². The van der Waals surface area contributed by atoms with Gasteiger partial charge in [0.25, 0.3) is 0 Å². The number of benzene rings is 2. The van der Waals surface area contributed by atoms with E-state index in [-0.39, 0.29) is 5.78 Å². The molecule has 0 saturated carbocycles. The number of hydrogen-bond acceptors (Lipinski definition) is 3. The van der Waals surface area contributed by atoms with Gasteiger partial charge in [0.2, 0.25) is 0 Å². The summed E-state index contributed by atoms with van der Waals surface area (Å²) in [6, 6.07) is 11.8. The fraction of sp³-hybridized carbons (Fsp3) is 0.0870. The summed E-state index contributed by atoms with van der Waals surface area (Å²) in [5, 5.41) is 8.71. The zero-order chi connectivity index (χ0) is 19.8. The van der Waals surface area contributed by atoms with Gasteiger partial charge in [0, 0.05) is 33.9 Å². The molecule has 136 valence electrons. The number of hydrogen-bond donors (Lipinski definition) is 2. The van der Waals surface area contributed by atoms with Gasteiger partial charge in [0.05, 0.1) is 0 Å². The van der Waals surface area contributed by atoms with Crippen LogP contribution in [0, 0.1) is 0 Å². The number of fused-ring (bicyclic) bond motifs is 2. The summed E-state index contributed by atoms with van der Waals surface area (Å²) in [5.41, 5.74) is 4.89. The summed E-state index contributed by atoms with van der Waals surface area (Å²) in [5.74, 6) is 0.0787. The van der Waals surface area contributed by atoms with Gasteiger partial charge in [-0.2, -0.15) is 0 Å². The lowest BCUT2D eigenvalue weighted by atomic mass is 10.0. The van der Waals surface area contributed by atoms with Gasteiger partial charge >= 0.3 is 0 Å². The minimum atomic E-state index is -2.07. The first-order valence-electron chi connectivity index (χ1n) is 8.78. The quantitative estimate of drug-likeness (QED) is 0.587. The smallest absolute Gasteiger partial charge is 0.192 e. The average Bonchev–Trinajstić information content (AvgIpc) is 2.66. The Balaban J connectivity index is 2.10. The molecule has 2 aromatic rings. The van der Waals surface area contributed by atoms with Gasteiger partial charge in [-0.1, -0.05) is 39.4 Å². The van der Waals surface area contributed by atoms with Crippen LogP contribution in [0.5, 0.6) is 0 Å². The molecule has 1 aliphatic rings. The molecule has 0 unspecified atom stereocenters. The van der Waals surface area contributed by atoms with E-state index in [2.05, 4.69) is 62.2 Å². The predicted molar refractivity (Wildman–Crippen MR) is 119 cm³/mol. The molecule has 0 amide bonds. The highest BCUT2D eigenvalue weighted by Gasteiger charge is 2.38. The van der Waals surface area contributed by atoms with Crippen molar-refractivity contribution in [2.24, 2.45) is 0 Å². The Hall–Kier alpha value is -3.11. The molecule has 4 heteroatoms. The van der Waals surface area contributed by atoms with E-state index in [4.69, 9.17) is 0 Å². The summed E-state index contributed by atoms with van der Waals surface area (Å²) < 4.78 is 0. The lowest BCUT2D eigenvalue weighted by Crippen LogP contribution is -2.59. The maximum absolute atomic E-state index is 13.1. The molecule has 3 nitrogen and oxygen atoms in total. The van der Waals surface area contributed by atoms with Crippen molar-refractivity contribution in [1.29, 1.82) is 0 Å². The van der Waals surface area contributed by atoms with Crippen molar-refractivity contribution in [1.82, 2.24) is 0 Å². The van der Waals surface area contributed by atoms with E-state index >= 15 is 0 Å². The van der Waals surface area contributed by atoms with Crippen molar-refractivity contribution in [3.63, 3.8) is 0 Å². The molecular formula is C23H24N2OSi. The molecule has 0 atom stereocenters. The summed E-state index contributed by atoms with van der Waals surface area (Å²) in [4.78, 5) is 13.1. The Labute approximate surface area is 161 Å². The average molecular weight is 373 g/mol. The van der Waals surface area contributed by atoms with E-state index in [9.17, 15) is 4.79 Å². The highest BCUT2D eigenvalue weighted by molar-refractivity contribution is 7.02. The van der Waals surface area contributed by atoms with Crippen LogP contribution in [0.1, 0.15) is 15.9 Å². The third-order valence-electron chi connectivity index (χ3n) is 4.98. The van der Waals surface area contributed by atoms with E-state index in [1.54, 1.807) is 12.2 Å². The van der Waals surface area contributed by atoms with E-state index in [0.717, 1.165) is 44.3 Å². The minimum absolute atomic E-state index is 0.0787. The standard InChI is InChI=1S/C23H24N2OSi/c1-7-15(3)24-17-9-11-19-21(13-17)27(5,6)22-14-18(25-16(4)8-2)10-12-20(22)23(19)26/h7-14,24-25H,1-4H2,5-6H3. The zero-order valence-electron chi connectivity index (χ0n) is 15.9. The van der Waals surface area contributed by atoms with Crippen molar-refractivity contribution in [2.75, 3.05) is 10.6 Å². The molecule has 0 aromatic heterocycles. The molecule has 2 aromatic carbocycles. The number of carbonyl (C=O) groups excluding carboxylic acids is 1. The van der Waals surface area contributed by atoms with Crippen LogP contribution >= 0.6 is 0 Å². The van der Waals surface area contributed by atoms with Crippen LogP contribution < -0.4 is 21.0 Å². The Morgan fingerprint density at radius 1 is 0.852 bits per heavy atom. The lowest BCUT2D eigenvalue weighted by Gasteiger charge is -2.33. The Morgan fingerprint density at radius 2 is 1.26 bits per heavy atom. The Morgan fingerprint density at radius 3 is 1.63 bits per heavy atom. The fourth-order valence-corrected chi connectivity index (χ4v) is 6.50. The summed E-state index contributed by atoms with van der Waals surface area (Å²) in [6.45, 7) is 19.8. The van der Waals surface area contributed by atoms with Crippen molar-refractivity contribution in [2.45, 2.75) is 13.1 Å². The second-order valence-corrected chi connectivity index (χ2v) is 11.5. The SMILES string of the molecule is C=CC(=C)Nc1ccc2c(c1)[Si](C)(C)c1cc(NC(=C)C=C)ccc1C2=O. The fourth-order valence-electron chi connectivity index (χ4n) is 3.44. The molecular weight excluding hydrogens is 348 g/mol. The summed E-state index contributed by atoms with van der Waals surface area (Å²) in [7, 11) is -2.07. The van der Waals surface area contributed by atoms with Crippen LogP contribution in [-0.2, 0) is 0 Å². The molecule has 0 aliphatic carbocycles. The molecule has 0 fully saturated rings. The third kappa shape index (κ3) is 3.31. The monoisotopic (exact) mass is 372 g/mol. The van der Waals surface area contributed by atoms with Crippen LogP contribution in [0.15, 0.2) is 86.3 Å². The molecule has 0 saturated heterocycles. The molecule has 0 radical (unpaired) electrons. The number of nitrogens with one attached hydrogen (secondary N) is 2. The molecule has 1 heterocycles. The first-order chi connectivity index (χ1) is 12.8. The maximum Gasteiger partial charge on any atom is 0.192 e. The second-order valence-electron chi connectivity index (χ2n) is 7.18. The Kier molecular flexibility index (Phi) is 4.77. The largest absolute Gasteiger partial charge is 0.356 e. The molecule has 0 bridgehead atoms. The van der Waals surface area contributed by atoms with Crippen LogP contribution in [0.4, 0.5) is 11.4 Å². The first kappa shape index (κ1) is 18.7. The van der Waals surface area contributed by atoms with Crippen LogP contribution in [-0.4, -0.2) is 13.9 Å². The van der Waals surface area contributed by atoms with Crippen molar-refractivity contribution >= 4 is 35.6 Å². The van der Waals surface area contributed by atoms with Gasteiger partial charge in [0.15, 0.2) is 5.78 Å².